The van der Waals surface area contributed by atoms with E-state index in [1.165, 1.54) is 50.8 Å². The van der Waals surface area contributed by atoms with Crippen molar-refractivity contribution in [1.82, 2.24) is 10.2 Å². The highest BCUT2D eigenvalue weighted by Crippen LogP contribution is 2.26. The number of hydrogen-bond donors (Lipinski definition) is 1. The summed E-state index contributed by atoms with van der Waals surface area (Å²) in [6, 6.07) is 10.0. The Balaban J connectivity index is 1.67. The summed E-state index contributed by atoms with van der Waals surface area (Å²) in [5.41, 5.74) is 1.38. The summed E-state index contributed by atoms with van der Waals surface area (Å²) in [5.74, 6) is 1.00. The second-order valence-electron chi connectivity index (χ2n) is 6.32. The zero-order valence-corrected chi connectivity index (χ0v) is 13.2. The van der Waals surface area contributed by atoms with Crippen LogP contribution in [-0.4, -0.2) is 36.7 Å². The van der Waals surface area contributed by atoms with Crippen molar-refractivity contribution >= 4 is 0 Å². The Bertz CT molecular complexity index is 443. The molecule has 3 nitrogen and oxygen atoms in total. The SMILES string of the molecule is CCOc1cccc(CN2CCCCC2C2CCCN2)c1. The molecule has 0 amide bonds. The predicted molar refractivity (Wildman–Crippen MR) is 86.7 cm³/mol. The topological polar surface area (TPSA) is 24.5 Å². The van der Waals surface area contributed by atoms with E-state index in [1.807, 2.05) is 6.92 Å². The normalized spacial score (nSPS) is 26.9. The Morgan fingerprint density at radius 3 is 3.00 bits per heavy atom. The summed E-state index contributed by atoms with van der Waals surface area (Å²) in [4.78, 5) is 2.69. The number of benzene rings is 1. The van der Waals surface area contributed by atoms with Crippen molar-refractivity contribution in [1.29, 1.82) is 0 Å². The first-order valence-electron chi connectivity index (χ1n) is 8.56. The number of likely N-dealkylation sites (tertiary alicyclic amines) is 1. The van der Waals surface area contributed by atoms with Crippen LogP contribution in [0, 0.1) is 0 Å². The molecule has 2 fully saturated rings. The lowest BCUT2D eigenvalue weighted by molar-refractivity contribution is 0.112. The standard InChI is InChI=1S/C18H28N2O/c1-2-21-16-8-5-7-15(13-16)14-20-12-4-3-10-18(20)17-9-6-11-19-17/h5,7-8,13,17-19H,2-4,6,9-12,14H2,1H3. The summed E-state index contributed by atoms with van der Waals surface area (Å²) >= 11 is 0. The molecule has 0 bridgehead atoms. The number of piperidine rings is 1. The molecule has 0 aliphatic carbocycles. The monoisotopic (exact) mass is 288 g/mol. The van der Waals surface area contributed by atoms with E-state index >= 15 is 0 Å². The third kappa shape index (κ3) is 3.78. The van der Waals surface area contributed by atoms with Gasteiger partial charge in [0.1, 0.15) is 5.75 Å². The second-order valence-corrected chi connectivity index (χ2v) is 6.32. The highest BCUT2D eigenvalue weighted by Gasteiger charge is 2.31. The van der Waals surface area contributed by atoms with Crippen molar-refractivity contribution in [3.8, 4) is 5.75 Å². The van der Waals surface area contributed by atoms with Gasteiger partial charge in [0.15, 0.2) is 0 Å². The van der Waals surface area contributed by atoms with Gasteiger partial charge in [0.25, 0.3) is 0 Å². The summed E-state index contributed by atoms with van der Waals surface area (Å²) < 4.78 is 5.63. The fourth-order valence-corrected chi connectivity index (χ4v) is 3.84. The Morgan fingerprint density at radius 1 is 1.24 bits per heavy atom. The van der Waals surface area contributed by atoms with Crippen LogP contribution in [0.1, 0.15) is 44.6 Å². The number of hydrogen-bond acceptors (Lipinski definition) is 3. The van der Waals surface area contributed by atoms with Crippen LogP contribution in [0.15, 0.2) is 24.3 Å². The molecule has 2 heterocycles. The van der Waals surface area contributed by atoms with Gasteiger partial charge < -0.3 is 10.1 Å². The molecule has 2 aliphatic rings. The Morgan fingerprint density at radius 2 is 2.19 bits per heavy atom. The molecule has 0 aromatic heterocycles. The molecule has 3 rings (SSSR count). The summed E-state index contributed by atoms with van der Waals surface area (Å²) in [7, 11) is 0. The van der Waals surface area contributed by atoms with Crippen molar-refractivity contribution in [2.45, 2.75) is 57.7 Å². The smallest absolute Gasteiger partial charge is 0.119 e. The molecule has 2 aliphatic heterocycles. The number of nitrogens with one attached hydrogen (secondary N) is 1. The second kappa shape index (κ2) is 7.28. The van der Waals surface area contributed by atoms with Gasteiger partial charge in [-0.15, -0.1) is 0 Å². The number of rotatable bonds is 5. The molecule has 0 radical (unpaired) electrons. The van der Waals surface area contributed by atoms with Crippen LogP contribution in [0.3, 0.4) is 0 Å². The first kappa shape index (κ1) is 14.9. The Labute approximate surface area is 128 Å². The molecular weight excluding hydrogens is 260 g/mol. The molecule has 0 saturated carbocycles. The fraction of sp³-hybridized carbons (Fsp3) is 0.667. The maximum atomic E-state index is 5.63. The third-order valence-corrected chi connectivity index (χ3v) is 4.82. The molecule has 116 valence electrons. The fourth-order valence-electron chi connectivity index (χ4n) is 3.84. The third-order valence-electron chi connectivity index (χ3n) is 4.82. The molecule has 21 heavy (non-hydrogen) atoms. The van der Waals surface area contributed by atoms with E-state index in [0.29, 0.717) is 6.04 Å². The van der Waals surface area contributed by atoms with E-state index in [4.69, 9.17) is 4.74 Å². The molecule has 0 spiro atoms. The molecule has 2 atom stereocenters. The van der Waals surface area contributed by atoms with Crippen LogP contribution in [0.4, 0.5) is 0 Å². The van der Waals surface area contributed by atoms with Gasteiger partial charge in [0.05, 0.1) is 6.61 Å². The highest BCUT2D eigenvalue weighted by atomic mass is 16.5. The largest absolute Gasteiger partial charge is 0.494 e. The summed E-state index contributed by atoms with van der Waals surface area (Å²) in [6.07, 6.45) is 6.77. The molecule has 1 aromatic rings. The van der Waals surface area contributed by atoms with Gasteiger partial charge in [-0.3, -0.25) is 4.90 Å². The first-order valence-corrected chi connectivity index (χ1v) is 8.56. The lowest BCUT2D eigenvalue weighted by Crippen LogP contribution is -2.49. The number of nitrogens with zero attached hydrogens (tertiary/aromatic N) is 1. The minimum absolute atomic E-state index is 0.709. The van der Waals surface area contributed by atoms with Gasteiger partial charge in [-0.25, -0.2) is 0 Å². The van der Waals surface area contributed by atoms with E-state index in [9.17, 15) is 0 Å². The highest BCUT2D eigenvalue weighted by molar-refractivity contribution is 5.28. The van der Waals surface area contributed by atoms with E-state index < -0.39 is 0 Å². The van der Waals surface area contributed by atoms with E-state index in [-0.39, 0.29) is 0 Å². The molecule has 2 saturated heterocycles. The van der Waals surface area contributed by atoms with E-state index in [2.05, 4.69) is 34.5 Å². The van der Waals surface area contributed by atoms with Gasteiger partial charge in [-0.05, 0) is 63.4 Å². The van der Waals surface area contributed by atoms with E-state index in [0.717, 1.165) is 24.9 Å². The van der Waals surface area contributed by atoms with Crippen LogP contribution >= 0.6 is 0 Å². The van der Waals surface area contributed by atoms with Crippen LogP contribution in [-0.2, 0) is 6.54 Å². The maximum Gasteiger partial charge on any atom is 0.119 e. The van der Waals surface area contributed by atoms with Crippen LogP contribution in [0.5, 0.6) is 5.75 Å². The van der Waals surface area contributed by atoms with Gasteiger partial charge in [0, 0.05) is 18.6 Å². The van der Waals surface area contributed by atoms with Crippen LogP contribution in [0.2, 0.25) is 0 Å². The van der Waals surface area contributed by atoms with Crippen molar-refractivity contribution in [2.24, 2.45) is 0 Å². The van der Waals surface area contributed by atoms with Gasteiger partial charge in [0.2, 0.25) is 0 Å². The molecule has 3 heteroatoms. The van der Waals surface area contributed by atoms with Crippen molar-refractivity contribution in [3.63, 3.8) is 0 Å². The zero-order valence-electron chi connectivity index (χ0n) is 13.2. The van der Waals surface area contributed by atoms with Crippen molar-refractivity contribution in [2.75, 3.05) is 19.7 Å². The molecule has 1 N–H and O–H groups in total. The Hall–Kier alpha value is -1.06. The lowest BCUT2D eigenvalue weighted by Gasteiger charge is -2.39. The summed E-state index contributed by atoms with van der Waals surface area (Å²) in [6.45, 7) is 6.28. The van der Waals surface area contributed by atoms with Crippen LogP contribution < -0.4 is 10.1 Å². The van der Waals surface area contributed by atoms with Crippen LogP contribution in [0.25, 0.3) is 0 Å². The average Bonchev–Trinajstić information content (AvgIpc) is 3.03. The first-order chi connectivity index (χ1) is 10.4. The molecular formula is C18H28N2O. The number of ether oxygens (including phenoxy) is 1. The quantitative estimate of drug-likeness (QED) is 0.900. The molecule has 1 aromatic carbocycles. The predicted octanol–water partition coefficient (Wildman–Crippen LogP) is 3.19. The van der Waals surface area contributed by atoms with E-state index in [1.54, 1.807) is 0 Å². The Kier molecular flexibility index (Phi) is 5.15. The van der Waals surface area contributed by atoms with Crippen molar-refractivity contribution < 1.29 is 4.74 Å². The lowest BCUT2D eigenvalue weighted by atomic mass is 9.94. The average molecular weight is 288 g/mol. The van der Waals surface area contributed by atoms with Crippen molar-refractivity contribution in [3.05, 3.63) is 29.8 Å². The minimum atomic E-state index is 0.709. The van der Waals surface area contributed by atoms with Gasteiger partial charge in [-0.2, -0.15) is 0 Å². The zero-order chi connectivity index (χ0) is 14.5. The van der Waals surface area contributed by atoms with Gasteiger partial charge in [-0.1, -0.05) is 18.6 Å². The summed E-state index contributed by atoms with van der Waals surface area (Å²) in [5, 5.41) is 3.71. The van der Waals surface area contributed by atoms with Gasteiger partial charge >= 0.3 is 0 Å². The minimum Gasteiger partial charge on any atom is -0.494 e. The molecule has 2 unspecified atom stereocenters. The maximum absolute atomic E-state index is 5.63.